The highest BCUT2D eigenvalue weighted by Gasteiger charge is 2.71. The van der Waals surface area contributed by atoms with Gasteiger partial charge in [-0.25, -0.2) is 23.5 Å². The third-order valence-corrected chi connectivity index (χ3v) is 11.1. The minimum Gasteiger partial charge on any atom is -0.508 e. The van der Waals surface area contributed by atoms with Crippen LogP contribution in [0.4, 0.5) is 0 Å². The minimum absolute atomic E-state index is 0.0655. The van der Waals surface area contributed by atoms with Gasteiger partial charge in [-0.15, -0.1) is 23.2 Å². The lowest BCUT2D eigenvalue weighted by Crippen LogP contribution is -2.67. The fraction of sp³-hybridized carbons (Fsp3) is 0.212. The Morgan fingerprint density at radius 2 is 1.50 bits per heavy atom. The largest absolute Gasteiger partial charge is 0.508 e. The van der Waals surface area contributed by atoms with E-state index in [0.717, 1.165) is 10.1 Å². The van der Waals surface area contributed by atoms with E-state index in [1.54, 1.807) is 42.5 Å². The summed E-state index contributed by atoms with van der Waals surface area (Å²) in [5, 5.41) is 10.3. The lowest BCUT2D eigenvalue weighted by molar-refractivity contribution is -0.128. The van der Waals surface area contributed by atoms with Crippen molar-refractivity contribution in [3.63, 3.8) is 0 Å². The van der Waals surface area contributed by atoms with Gasteiger partial charge in [-0.3, -0.25) is 9.59 Å². The Morgan fingerprint density at radius 1 is 0.848 bits per heavy atom. The Bertz CT molecular complexity index is 2120. The number of phenolic OH excluding ortho intramolecular Hbond substituents is 1. The van der Waals surface area contributed by atoms with Crippen LogP contribution in [0.5, 0.6) is 11.5 Å². The molecule has 1 saturated carbocycles. The standard InChI is InChI=1S/C33H23Cl4N3O6/c34-26-27(35)29(43)33(37)25(22-12-11-20(15-24(22)41)46-17-18-7-3-1-4-8-18)21-13-14-38-30(44)39(19-9-5-2-6-10-19)31(45)40(38)23(21)16-32(33,36)28(26)42/h1-13,15,23,25,41H,14,16-17H2/t23-,25-,32-,33+/m1/s1. The molecule has 2 aliphatic carbocycles. The summed E-state index contributed by atoms with van der Waals surface area (Å²) in [6.07, 6.45) is 1.29. The molecule has 0 amide bonds. The smallest absolute Gasteiger partial charge is 0.352 e. The number of aromatic hydroxyl groups is 1. The maximum atomic E-state index is 14.0. The van der Waals surface area contributed by atoms with Gasteiger partial charge in [-0.1, -0.05) is 83.9 Å². The van der Waals surface area contributed by atoms with Crippen molar-refractivity contribution >= 4 is 58.0 Å². The van der Waals surface area contributed by atoms with Crippen LogP contribution >= 0.6 is 46.4 Å². The molecule has 0 unspecified atom stereocenters. The number of ether oxygens (including phenoxy) is 1. The van der Waals surface area contributed by atoms with Crippen molar-refractivity contribution in [3.05, 3.63) is 133 Å². The number of alkyl halides is 2. The van der Waals surface area contributed by atoms with Crippen molar-refractivity contribution in [2.45, 2.75) is 41.3 Å². The summed E-state index contributed by atoms with van der Waals surface area (Å²) in [6.45, 7) is 0.162. The van der Waals surface area contributed by atoms with E-state index in [1.165, 1.54) is 21.5 Å². The number of halogens is 4. The molecule has 7 rings (SSSR count). The first-order valence-corrected chi connectivity index (χ1v) is 15.7. The summed E-state index contributed by atoms with van der Waals surface area (Å²) in [7, 11) is 0. The van der Waals surface area contributed by atoms with Gasteiger partial charge >= 0.3 is 11.4 Å². The second kappa shape index (κ2) is 11.1. The zero-order chi connectivity index (χ0) is 32.5. The van der Waals surface area contributed by atoms with Crippen LogP contribution in [0.3, 0.4) is 0 Å². The van der Waals surface area contributed by atoms with E-state index in [0.29, 0.717) is 17.0 Å². The van der Waals surface area contributed by atoms with Crippen LogP contribution in [0.25, 0.3) is 5.69 Å². The Kier molecular flexibility index (Phi) is 7.36. The molecule has 13 heteroatoms. The van der Waals surface area contributed by atoms with E-state index in [-0.39, 0.29) is 30.9 Å². The number of phenols is 1. The summed E-state index contributed by atoms with van der Waals surface area (Å²) in [5.41, 5.74) is 0.496. The highest BCUT2D eigenvalue weighted by molar-refractivity contribution is 6.66. The van der Waals surface area contributed by atoms with Crippen molar-refractivity contribution in [2.24, 2.45) is 0 Å². The molecule has 2 heterocycles. The van der Waals surface area contributed by atoms with E-state index in [4.69, 9.17) is 51.1 Å². The number of carbonyl (C=O) groups excluding carboxylic acids is 2. The molecule has 1 N–H and O–H groups in total. The summed E-state index contributed by atoms with van der Waals surface area (Å²) in [5.74, 6) is -3.06. The maximum absolute atomic E-state index is 14.0. The zero-order valence-electron chi connectivity index (χ0n) is 23.7. The topological polar surface area (TPSA) is 113 Å². The van der Waals surface area contributed by atoms with Crippen LogP contribution in [0.2, 0.25) is 0 Å². The van der Waals surface area contributed by atoms with E-state index in [9.17, 15) is 24.3 Å². The highest BCUT2D eigenvalue weighted by atomic mass is 35.5. The number of carbonyl (C=O) groups is 2. The van der Waals surface area contributed by atoms with Crippen LogP contribution in [0, 0.1) is 0 Å². The van der Waals surface area contributed by atoms with Crippen molar-refractivity contribution in [2.75, 3.05) is 0 Å². The number of hydrogen-bond donors (Lipinski definition) is 1. The second-order valence-electron chi connectivity index (χ2n) is 11.3. The molecule has 1 aliphatic heterocycles. The van der Waals surface area contributed by atoms with Crippen LogP contribution in [0.15, 0.2) is 110 Å². The van der Waals surface area contributed by atoms with Gasteiger partial charge in [0.2, 0.25) is 0 Å². The third-order valence-electron chi connectivity index (χ3n) is 8.88. The molecule has 0 spiro atoms. The lowest BCUT2D eigenvalue weighted by Gasteiger charge is -2.54. The molecule has 9 nitrogen and oxygen atoms in total. The molecule has 3 aromatic carbocycles. The molecule has 1 fully saturated rings. The Labute approximate surface area is 281 Å². The molecular weight excluding hydrogens is 676 g/mol. The number of aromatic nitrogens is 3. The monoisotopic (exact) mass is 697 g/mol. The van der Waals surface area contributed by atoms with Crippen LogP contribution in [0.1, 0.15) is 29.5 Å². The van der Waals surface area contributed by atoms with Gasteiger partial charge in [-0.05, 0) is 29.3 Å². The molecule has 3 aliphatic rings. The highest BCUT2D eigenvalue weighted by Crippen LogP contribution is 2.64. The number of fused-ring (bicyclic) bond motifs is 4. The first-order valence-electron chi connectivity index (χ1n) is 14.2. The molecule has 46 heavy (non-hydrogen) atoms. The second-order valence-corrected chi connectivity index (χ2v) is 13.3. The number of para-hydroxylation sites is 1. The average Bonchev–Trinajstić information content (AvgIpc) is 3.32. The summed E-state index contributed by atoms with van der Waals surface area (Å²) in [6, 6.07) is 21.3. The number of hydrogen-bond acceptors (Lipinski definition) is 6. The molecule has 4 atom stereocenters. The fourth-order valence-corrected chi connectivity index (χ4v) is 8.23. The maximum Gasteiger partial charge on any atom is 0.352 e. The Morgan fingerprint density at radius 3 is 2.17 bits per heavy atom. The predicted molar refractivity (Wildman–Crippen MR) is 174 cm³/mol. The normalized spacial score (nSPS) is 25.4. The van der Waals surface area contributed by atoms with Gasteiger partial charge in [0.15, 0.2) is 11.6 Å². The van der Waals surface area contributed by atoms with Crippen molar-refractivity contribution in [3.8, 4) is 17.2 Å². The number of benzene rings is 3. The first kappa shape index (κ1) is 30.6. The van der Waals surface area contributed by atoms with Crippen LogP contribution < -0.4 is 16.1 Å². The van der Waals surface area contributed by atoms with Gasteiger partial charge in [0.05, 0.1) is 18.3 Å². The summed E-state index contributed by atoms with van der Waals surface area (Å²) < 4.78 is 9.35. The number of Topliss-reactive ketones (excluding diaryl/α,β-unsaturated/α-hetero) is 2. The molecule has 0 saturated heterocycles. The number of nitrogens with zero attached hydrogens (tertiary/aromatic N) is 3. The number of ketones is 2. The molecular formula is C33H23Cl4N3O6. The van der Waals surface area contributed by atoms with Gasteiger partial charge in [-0.2, -0.15) is 0 Å². The van der Waals surface area contributed by atoms with Gasteiger partial charge in [0.1, 0.15) is 37.9 Å². The van der Waals surface area contributed by atoms with Crippen molar-refractivity contribution in [1.29, 1.82) is 0 Å². The summed E-state index contributed by atoms with van der Waals surface area (Å²) >= 11 is 27.0. The third kappa shape index (κ3) is 4.29. The zero-order valence-corrected chi connectivity index (χ0v) is 26.7. The van der Waals surface area contributed by atoms with E-state index in [2.05, 4.69) is 0 Å². The van der Waals surface area contributed by atoms with Crippen molar-refractivity contribution < 1.29 is 19.4 Å². The van der Waals surface area contributed by atoms with E-state index >= 15 is 0 Å². The van der Waals surface area contributed by atoms with Crippen molar-refractivity contribution in [1.82, 2.24) is 13.9 Å². The Balaban J connectivity index is 1.40. The predicted octanol–water partition coefficient (Wildman–Crippen LogP) is 5.55. The fourth-order valence-electron chi connectivity index (χ4n) is 6.71. The SMILES string of the molecule is O=C1C(Cl)=C(Cl)C(=O)[C@@]2(Cl)[C@@H](c3ccc(OCc4ccccc4)cc3O)C3=CCn4c(=O)n(-c5ccccc5)c(=O)n4[C@@H]3C[C@@]12Cl. The van der Waals surface area contributed by atoms with Crippen LogP contribution in [-0.2, 0) is 22.7 Å². The van der Waals surface area contributed by atoms with Gasteiger partial charge in [0, 0.05) is 24.0 Å². The van der Waals surface area contributed by atoms with E-state index in [1.807, 2.05) is 30.3 Å². The quantitative estimate of drug-likeness (QED) is 0.216. The van der Waals surface area contributed by atoms with Crippen LogP contribution in [-0.4, -0.2) is 40.4 Å². The Hall–Kier alpha value is -4.02. The van der Waals surface area contributed by atoms with Gasteiger partial charge in [0.25, 0.3) is 0 Å². The van der Waals surface area contributed by atoms with Gasteiger partial charge < -0.3 is 9.84 Å². The van der Waals surface area contributed by atoms with E-state index < -0.39 is 54.7 Å². The first-order chi connectivity index (χ1) is 22.0. The number of rotatable bonds is 5. The minimum atomic E-state index is -2.26. The number of allylic oxidation sites excluding steroid dienone is 4. The molecule has 4 aromatic rings. The summed E-state index contributed by atoms with van der Waals surface area (Å²) in [4.78, 5) is 50.9. The lowest BCUT2D eigenvalue weighted by atomic mass is 9.59. The average molecular weight is 699 g/mol. The molecule has 234 valence electrons. The molecule has 0 radical (unpaired) electrons. The molecule has 1 aromatic heterocycles. The molecule has 0 bridgehead atoms.